The summed E-state index contributed by atoms with van der Waals surface area (Å²) >= 11 is 0. The molecule has 0 aliphatic rings. The van der Waals surface area contributed by atoms with E-state index in [1.807, 2.05) is 48.5 Å². The molecule has 0 saturated carbocycles. The van der Waals surface area contributed by atoms with Gasteiger partial charge in [-0.1, -0.05) is 66.7 Å². The Morgan fingerprint density at radius 3 is 1.95 bits per heavy atom. The fourth-order valence-electron chi connectivity index (χ4n) is 4.18. The summed E-state index contributed by atoms with van der Waals surface area (Å²) in [5.41, 5.74) is 8.65. The summed E-state index contributed by atoms with van der Waals surface area (Å²) in [6.45, 7) is 0. The number of hydrogen-bond acceptors (Lipinski definition) is 4. The molecule has 1 heterocycles. The van der Waals surface area contributed by atoms with E-state index in [4.69, 9.17) is 4.74 Å². The van der Waals surface area contributed by atoms with Crippen molar-refractivity contribution in [3.05, 3.63) is 126 Å². The van der Waals surface area contributed by atoms with Crippen molar-refractivity contribution in [1.29, 1.82) is 0 Å². The monoisotopic (exact) mass is 487 g/mol. The van der Waals surface area contributed by atoms with Gasteiger partial charge in [0.25, 0.3) is 5.91 Å². The highest BCUT2D eigenvalue weighted by Gasteiger charge is 2.14. The summed E-state index contributed by atoms with van der Waals surface area (Å²) in [5.74, 6) is -0.0626. The van der Waals surface area contributed by atoms with E-state index < -0.39 is 0 Å². The molecule has 182 valence electrons. The van der Waals surface area contributed by atoms with E-state index in [0.717, 1.165) is 28.2 Å². The number of aromatic nitrogens is 1. The number of phenols is 1. The Kier molecular flexibility index (Phi) is 6.81. The Morgan fingerprint density at radius 2 is 1.38 bits per heavy atom. The number of para-hydroxylation sites is 1. The van der Waals surface area contributed by atoms with E-state index in [9.17, 15) is 9.90 Å². The van der Waals surface area contributed by atoms with E-state index in [2.05, 4.69) is 51.5 Å². The summed E-state index contributed by atoms with van der Waals surface area (Å²) in [6, 6.07) is 37.1. The highest BCUT2D eigenvalue weighted by atomic mass is 16.5. The second-order valence-electron chi connectivity index (χ2n) is 8.32. The summed E-state index contributed by atoms with van der Waals surface area (Å²) in [7, 11) is 1.47. The molecule has 0 atom stereocenters. The van der Waals surface area contributed by atoms with Gasteiger partial charge in [0, 0.05) is 16.8 Å². The number of methoxy groups -OCH3 is 1. The molecule has 5 rings (SSSR count). The molecule has 6 heteroatoms. The molecule has 37 heavy (non-hydrogen) atoms. The van der Waals surface area contributed by atoms with Gasteiger partial charge in [0.1, 0.15) is 0 Å². The highest BCUT2D eigenvalue weighted by Crippen LogP contribution is 2.32. The predicted octanol–water partition coefficient (Wildman–Crippen LogP) is 6.29. The molecule has 0 aliphatic carbocycles. The Morgan fingerprint density at radius 1 is 0.784 bits per heavy atom. The van der Waals surface area contributed by atoms with Crippen LogP contribution in [0.2, 0.25) is 0 Å². The molecule has 0 fully saturated rings. The summed E-state index contributed by atoms with van der Waals surface area (Å²) in [6.07, 6.45) is 1.38. The van der Waals surface area contributed by atoms with Crippen LogP contribution in [0.15, 0.2) is 120 Å². The van der Waals surface area contributed by atoms with E-state index in [-0.39, 0.29) is 11.7 Å². The van der Waals surface area contributed by atoms with Crippen molar-refractivity contribution >= 4 is 12.1 Å². The van der Waals surface area contributed by atoms with Gasteiger partial charge >= 0.3 is 0 Å². The minimum absolute atomic E-state index is 0.0393. The lowest BCUT2D eigenvalue weighted by atomic mass is 10.1. The van der Waals surface area contributed by atoms with Crippen LogP contribution >= 0.6 is 0 Å². The SMILES string of the molecule is COc1cccc(/C=N\NC(=O)c2ccc(-n3c(-c4ccccc4)ccc3-c3ccccc3)cc2)c1O. The van der Waals surface area contributed by atoms with E-state index in [0.29, 0.717) is 16.9 Å². The number of hydrazone groups is 1. The van der Waals surface area contributed by atoms with Gasteiger partial charge in [0.15, 0.2) is 11.5 Å². The first-order chi connectivity index (χ1) is 18.2. The zero-order valence-corrected chi connectivity index (χ0v) is 20.2. The molecule has 4 aromatic carbocycles. The second kappa shape index (κ2) is 10.7. The van der Waals surface area contributed by atoms with Gasteiger partial charge in [-0.3, -0.25) is 4.79 Å². The number of aromatic hydroxyl groups is 1. The second-order valence-corrected chi connectivity index (χ2v) is 8.32. The van der Waals surface area contributed by atoms with Crippen LogP contribution in [0.1, 0.15) is 15.9 Å². The lowest BCUT2D eigenvalue weighted by molar-refractivity contribution is 0.0955. The molecule has 0 saturated heterocycles. The van der Waals surface area contributed by atoms with Gasteiger partial charge in [-0.25, -0.2) is 5.43 Å². The minimum Gasteiger partial charge on any atom is -0.504 e. The van der Waals surface area contributed by atoms with Crippen molar-refractivity contribution in [2.24, 2.45) is 5.10 Å². The van der Waals surface area contributed by atoms with Gasteiger partial charge in [0.05, 0.1) is 24.7 Å². The van der Waals surface area contributed by atoms with Crippen LogP contribution in [0.25, 0.3) is 28.2 Å². The van der Waals surface area contributed by atoms with Crippen molar-refractivity contribution in [2.45, 2.75) is 0 Å². The van der Waals surface area contributed by atoms with Crippen molar-refractivity contribution in [3.63, 3.8) is 0 Å². The Bertz CT molecular complexity index is 1480. The minimum atomic E-state index is -0.357. The maximum Gasteiger partial charge on any atom is 0.271 e. The summed E-state index contributed by atoms with van der Waals surface area (Å²) < 4.78 is 7.29. The average molecular weight is 488 g/mol. The van der Waals surface area contributed by atoms with Gasteiger partial charge in [-0.05, 0) is 59.7 Å². The molecule has 0 spiro atoms. The van der Waals surface area contributed by atoms with Crippen LogP contribution in [0.4, 0.5) is 0 Å². The number of amides is 1. The number of carbonyl (C=O) groups excluding carboxylic acids is 1. The summed E-state index contributed by atoms with van der Waals surface area (Å²) in [4.78, 5) is 12.7. The smallest absolute Gasteiger partial charge is 0.271 e. The number of ether oxygens (including phenoxy) is 1. The molecule has 0 unspecified atom stereocenters. The molecule has 0 radical (unpaired) electrons. The molecular formula is C31H25N3O3. The van der Waals surface area contributed by atoms with Crippen LogP contribution in [0.3, 0.4) is 0 Å². The third kappa shape index (κ3) is 4.99. The maximum atomic E-state index is 12.7. The molecular weight excluding hydrogens is 462 g/mol. The number of phenolic OH excluding ortho intramolecular Hbond substituents is 1. The standard InChI is InChI=1S/C31H25N3O3/c1-37-29-14-8-13-25(30(29)35)21-32-33-31(36)24-15-17-26(18-16-24)34-27(22-9-4-2-5-10-22)19-20-28(34)23-11-6-3-7-12-23/h2-21,35H,1H3,(H,33,36)/b32-21-. The fraction of sp³-hybridized carbons (Fsp3) is 0.0323. The first kappa shape index (κ1) is 23.6. The van der Waals surface area contributed by atoms with Crippen molar-refractivity contribution < 1.29 is 14.6 Å². The molecule has 0 bridgehead atoms. The van der Waals surface area contributed by atoms with Crippen molar-refractivity contribution in [1.82, 2.24) is 9.99 Å². The first-order valence-corrected chi connectivity index (χ1v) is 11.8. The van der Waals surface area contributed by atoms with E-state index in [1.54, 1.807) is 30.3 Å². The van der Waals surface area contributed by atoms with E-state index >= 15 is 0 Å². The van der Waals surface area contributed by atoms with Crippen LogP contribution in [0, 0.1) is 0 Å². The number of benzene rings is 4. The topological polar surface area (TPSA) is 75.8 Å². The predicted molar refractivity (Wildman–Crippen MR) is 146 cm³/mol. The number of nitrogens with zero attached hydrogens (tertiary/aromatic N) is 2. The quantitative estimate of drug-likeness (QED) is 0.209. The average Bonchev–Trinajstić information content (AvgIpc) is 3.40. The van der Waals surface area contributed by atoms with Crippen LogP contribution in [-0.4, -0.2) is 28.9 Å². The zero-order chi connectivity index (χ0) is 25.6. The Hall–Kier alpha value is -5.10. The van der Waals surface area contributed by atoms with Gasteiger partial charge in [-0.2, -0.15) is 5.10 Å². The fourth-order valence-corrected chi connectivity index (χ4v) is 4.18. The van der Waals surface area contributed by atoms with Crippen molar-refractivity contribution in [3.8, 4) is 39.7 Å². The van der Waals surface area contributed by atoms with Crippen molar-refractivity contribution in [2.75, 3.05) is 7.11 Å². The Labute approximate surface area is 215 Å². The molecule has 5 aromatic rings. The zero-order valence-electron chi connectivity index (χ0n) is 20.2. The van der Waals surface area contributed by atoms with Crippen LogP contribution < -0.4 is 10.2 Å². The third-order valence-electron chi connectivity index (χ3n) is 6.03. The van der Waals surface area contributed by atoms with E-state index in [1.165, 1.54) is 13.3 Å². The summed E-state index contributed by atoms with van der Waals surface area (Å²) in [5, 5.41) is 14.2. The maximum absolute atomic E-state index is 12.7. The molecule has 1 aromatic heterocycles. The van der Waals surface area contributed by atoms with Gasteiger partial charge in [0.2, 0.25) is 0 Å². The lowest BCUT2D eigenvalue weighted by Crippen LogP contribution is -2.17. The molecule has 1 amide bonds. The van der Waals surface area contributed by atoms with Crippen LogP contribution in [-0.2, 0) is 0 Å². The number of nitrogens with one attached hydrogen (secondary N) is 1. The largest absolute Gasteiger partial charge is 0.504 e. The van der Waals surface area contributed by atoms with Gasteiger partial charge < -0.3 is 14.4 Å². The number of carbonyl (C=O) groups is 1. The lowest BCUT2D eigenvalue weighted by Gasteiger charge is -2.15. The number of rotatable bonds is 7. The van der Waals surface area contributed by atoms with Crippen LogP contribution in [0.5, 0.6) is 11.5 Å². The molecule has 0 aliphatic heterocycles. The molecule has 2 N–H and O–H groups in total. The molecule has 6 nitrogen and oxygen atoms in total. The normalized spacial score (nSPS) is 10.9. The third-order valence-corrected chi connectivity index (χ3v) is 6.03. The first-order valence-electron chi connectivity index (χ1n) is 11.8. The Balaban J connectivity index is 1.41. The highest BCUT2D eigenvalue weighted by molar-refractivity contribution is 5.95. The van der Waals surface area contributed by atoms with Gasteiger partial charge in [-0.15, -0.1) is 0 Å². The number of hydrogen-bond donors (Lipinski definition) is 2.